The predicted molar refractivity (Wildman–Crippen MR) is 126 cm³/mol. The Hall–Kier alpha value is -3.21. The molecule has 176 valence electrons. The Morgan fingerprint density at radius 3 is 2.88 bits per heavy atom. The molecule has 2 atom stereocenters. The van der Waals surface area contributed by atoms with Crippen LogP contribution in [0.1, 0.15) is 43.5 Å². The van der Waals surface area contributed by atoms with Gasteiger partial charge in [-0.15, -0.1) is 10.2 Å². The van der Waals surface area contributed by atoms with Gasteiger partial charge in [0.15, 0.2) is 5.78 Å². The number of hydrogen-bond acceptors (Lipinski definition) is 9. The number of piperidine rings is 1. The molecule has 2 aromatic rings. The number of rotatable bonds is 3. The van der Waals surface area contributed by atoms with Gasteiger partial charge >= 0.3 is 0 Å². The molecule has 0 bridgehead atoms. The van der Waals surface area contributed by atoms with Gasteiger partial charge in [-0.3, -0.25) is 14.6 Å². The Balaban J connectivity index is 1.14. The van der Waals surface area contributed by atoms with E-state index >= 15 is 0 Å². The number of nitrogens with zero attached hydrogens (tertiary/aromatic N) is 6. The van der Waals surface area contributed by atoms with Crippen molar-refractivity contribution in [3.8, 4) is 17.1 Å². The number of likely N-dealkylation sites (tertiary alicyclic amines) is 1. The van der Waals surface area contributed by atoms with Crippen molar-refractivity contribution in [2.45, 2.75) is 44.1 Å². The van der Waals surface area contributed by atoms with Gasteiger partial charge in [-0.1, -0.05) is 17.8 Å². The molecule has 34 heavy (non-hydrogen) atoms. The first kappa shape index (κ1) is 21.3. The van der Waals surface area contributed by atoms with Gasteiger partial charge in [0.1, 0.15) is 16.7 Å². The summed E-state index contributed by atoms with van der Waals surface area (Å²) in [4.78, 5) is 29.0. The lowest BCUT2D eigenvalue weighted by Crippen LogP contribution is -2.52. The van der Waals surface area contributed by atoms with Crippen LogP contribution >= 0.6 is 11.8 Å². The van der Waals surface area contributed by atoms with Crippen molar-refractivity contribution in [3.05, 3.63) is 34.7 Å². The predicted octanol–water partition coefficient (Wildman–Crippen LogP) is 2.48. The number of amides is 1. The van der Waals surface area contributed by atoms with Gasteiger partial charge in [0.2, 0.25) is 5.82 Å². The summed E-state index contributed by atoms with van der Waals surface area (Å²) in [5.74, 6) is 1.34. The number of hydrogen-bond donors (Lipinski definition) is 1. The lowest BCUT2D eigenvalue weighted by molar-refractivity contribution is -0.129. The fourth-order valence-corrected chi connectivity index (χ4v) is 6.68. The molecular formula is C23H25N7O3S. The number of carbonyl (C=O) groups is 2. The molecule has 5 heterocycles. The van der Waals surface area contributed by atoms with E-state index in [1.54, 1.807) is 23.9 Å². The second kappa shape index (κ2) is 7.93. The molecule has 1 N–H and O–H groups in total. The number of nitrogens with one attached hydrogen (secondary N) is 1. The summed E-state index contributed by atoms with van der Waals surface area (Å²) in [6.45, 7) is 6.08. The third-order valence-electron chi connectivity index (χ3n) is 7.14. The highest BCUT2D eigenvalue weighted by molar-refractivity contribution is 8.04. The molecule has 1 amide bonds. The molecule has 4 aliphatic heterocycles. The van der Waals surface area contributed by atoms with Gasteiger partial charge in [0.25, 0.3) is 5.91 Å². The number of thioether (sulfide) groups is 1. The minimum absolute atomic E-state index is 0.0441. The van der Waals surface area contributed by atoms with Crippen LogP contribution in [0.5, 0.6) is 5.75 Å². The highest BCUT2D eigenvalue weighted by Crippen LogP contribution is 2.45. The van der Waals surface area contributed by atoms with E-state index in [0.29, 0.717) is 49.5 Å². The second-order valence-electron chi connectivity index (χ2n) is 9.19. The maximum atomic E-state index is 13.3. The topological polar surface area (TPSA) is 117 Å². The molecule has 4 aliphatic rings. The van der Waals surface area contributed by atoms with Crippen LogP contribution in [0.15, 0.2) is 34.3 Å². The molecular weight excluding hydrogens is 454 g/mol. The number of hydrazone groups is 1. The average Bonchev–Trinajstić information content (AvgIpc) is 3.58. The number of ether oxygens (including phenoxy) is 1. The number of benzene rings is 1. The van der Waals surface area contributed by atoms with Crippen molar-refractivity contribution in [2.75, 3.05) is 19.6 Å². The van der Waals surface area contributed by atoms with E-state index in [-0.39, 0.29) is 23.0 Å². The lowest BCUT2D eigenvalue weighted by atomic mass is 9.82. The highest BCUT2D eigenvalue weighted by atomic mass is 32.2. The number of tetrazole rings is 1. The van der Waals surface area contributed by atoms with Gasteiger partial charge < -0.3 is 9.64 Å². The van der Waals surface area contributed by atoms with E-state index in [1.807, 2.05) is 17.9 Å². The summed E-state index contributed by atoms with van der Waals surface area (Å²) >= 11 is 1.62. The molecule has 0 saturated carbocycles. The number of fused-ring (bicyclic) bond motifs is 2. The summed E-state index contributed by atoms with van der Waals surface area (Å²) in [6, 6.07) is 5.40. The van der Waals surface area contributed by atoms with E-state index in [2.05, 4.69) is 43.7 Å². The summed E-state index contributed by atoms with van der Waals surface area (Å²) in [6.07, 6.45) is 3.64. The van der Waals surface area contributed by atoms with Crippen LogP contribution < -0.4 is 4.74 Å². The van der Waals surface area contributed by atoms with Crippen LogP contribution in [-0.4, -0.2) is 78.5 Å². The minimum Gasteiger partial charge on any atom is -0.486 e. The van der Waals surface area contributed by atoms with Gasteiger partial charge in [-0.25, -0.2) is 0 Å². The number of carbonyl (C=O) groups excluding carboxylic acids is 2. The zero-order chi connectivity index (χ0) is 23.4. The minimum atomic E-state index is -0.565. The number of aromatic amines is 1. The van der Waals surface area contributed by atoms with Crippen molar-refractivity contribution >= 4 is 29.2 Å². The third kappa shape index (κ3) is 3.41. The highest BCUT2D eigenvalue weighted by Gasteiger charge is 2.46. The number of Topliss-reactive ketones (excluding diaryl/α,β-unsaturated/α-hetero) is 1. The fourth-order valence-electron chi connectivity index (χ4n) is 5.23. The van der Waals surface area contributed by atoms with Gasteiger partial charge in [-0.05, 0) is 37.3 Å². The number of aromatic nitrogens is 4. The summed E-state index contributed by atoms with van der Waals surface area (Å²) in [5, 5.41) is 20.8. The van der Waals surface area contributed by atoms with Crippen LogP contribution in [0.25, 0.3) is 11.4 Å². The zero-order valence-electron chi connectivity index (χ0n) is 19.0. The monoisotopic (exact) mass is 479 g/mol. The molecule has 11 heteroatoms. The van der Waals surface area contributed by atoms with Crippen molar-refractivity contribution in [2.24, 2.45) is 11.0 Å². The number of ketones is 1. The van der Waals surface area contributed by atoms with Crippen LogP contribution in [0.4, 0.5) is 0 Å². The Labute approximate surface area is 200 Å². The Morgan fingerprint density at radius 1 is 1.32 bits per heavy atom. The first-order chi connectivity index (χ1) is 16.5. The molecule has 1 spiro atoms. The SMILES string of the molecule is CCN1N=C(C)C2C=C(C(=O)N3CCC4(CC3)CC(=O)c3cc(-c5nn[nH]n5)ccc3O4)SC21. The summed E-state index contributed by atoms with van der Waals surface area (Å²) < 4.78 is 6.39. The first-order valence-corrected chi connectivity index (χ1v) is 12.4. The summed E-state index contributed by atoms with van der Waals surface area (Å²) in [7, 11) is 0. The molecule has 6 rings (SSSR count). The Bertz CT molecular complexity index is 1220. The Morgan fingerprint density at radius 2 is 2.15 bits per heavy atom. The normalized spacial score (nSPS) is 25.1. The van der Waals surface area contributed by atoms with Crippen molar-refractivity contribution < 1.29 is 14.3 Å². The smallest absolute Gasteiger partial charge is 0.260 e. The van der Waals surface area contributed by atoms with Crippen LogP contribution in [-0.2, 0) is 4.79 Å². The maximum Gasteiger partial charge on any atom is 0.260 e. The quantitative estimate of drug-likeness (QED) is 0.714. The average molecular weight is 480 g/mol. The van der Waals surface area contributed by atoms with Crippen LogP contribution in [0.2, 0.25) is 0 Å². The first-order valence-electron chi connectivity index (χ1n) is 11.6. The zero-order valence-corrected chi connectivity index (χ0v) is 19.8. The van der Waals surface area contributed by atoms with E-state index in [9.17, 15) is 9.59 Å². The van der Waals surface area contributed by atoms with Crippen molar-refractivity contribution in [1.82, 2.24) is 30.5 Å². The molecule has 0 aliphatic carbocycles. The van der Waals surface area contributed by atoms with Gasteiger partial charge in [-0.2, -0.15) is 10.3 Å². The lowest BCUT2D eigenvalue weighted by Gasteiger charge is -2.44. The molecule has 1 saturated heterocycles. The molecule has 2 unspecified atom stereocenters. The molecule has 1 aromatic carbocycles. The standard InChI is InChI=1S/C23H25N7O3S/c1-3-30-22-15(13(2)26-30)11-19(34-22)21(32)29-8-6-23(7-9-29)12-17(31)16-10-14(4-5-18(16)33-23)20-24-27-28-25-20/h4-5,10-11,15,22H,3,6-9,12H2,1-2H3,(H,24,25,27,28). The molecule has 0 radical (unpaired) electrons. The second-order valence-corrected chi connectivity index (χ2v) is 10.3. The fraction of sp³-hybridized carbons (Fsp3) is 0.478. The van der Waals surface area contributed by atoms with E-state index in [4.69, 9.17) is 4.74 Å². The summed E-state index contributed by atoms with van der Waals surface area (Å²) in [5.41, 5.74) is 1.76. The van der Waals surface area contributed by atoms with E-state index in [0.717, 1.165) is 22.7 Å². The van der Waals surface area contributed by atoms with Crippen LogP contribution in [0, 0.1) is 5.92 Å². The molecule has 10 nitrogen and oxygen atoms in total. The van der Waals surface area contributed by atoms with Crippen LogP contribution in [0.3, 0.4) is 0 Å². The Kier molecular flexibility index (Phi) is 4.98. The molecule has 1 aromatic heterocycles. The van der Waals surface area contributed by atoms with Gasteiger partial charge in [0, 0.05) is 43.8 Å². The largest absolute Gasteiger partial charge is 0.486 e. The van der Waals surface area contributed by atoms with E-state index < -0.39 is 5.60 Å². The van der Waals surface area contributed by atoms with Crippen molar-refractivity contribution in [3.63, 3.8) is 0 Å². The van der Waals surface area contributed by atoms with E-state index in [1.165, 1.54) is 0 Å². The van der Waals surface area contributed by atoms with Gasteiger partial charge in [0.05, 0.1) is 22.8 Å². The van der Waals surface area contributed by atoms with Crippen molar-refractivity contribution in [1.29, 1.82) is 0 Å². The third-order valence-corrected chi connectivity index (χ3v) is 8.48. The maximum absolute atomic E-state index is 13.3. The molecule has 1 fully saturated rings. The number of H-pyrrole nitrogens is 1.